The van der Waals surface area contributed by atoms with Crippen molar-refractivity contribution in [2.24, 2.45) is 4.99 Å². The number of aliphatic imine (C=N–C) groups is 1. The van der Waals surface area contributed by atoms with Crippen LogP contribution >= 0.6 is 0 Å². The van der Waals surface area contributed by atoms with Gasteiger partial charge in [-0.1, -0.05) is 30.3 Å². The summed E-state index contributed by atoms with van der Waals surface area (Å²) >= 11 is 0. The third-order valence-corrected chi connectivity index (χ3v) is 5.02. The Hall–Kier alpha value is -2.58. The fourth-order valence-corrected chi connectivity index (χ4v) is 2.90. The van der Waals surface area contributed by atoms with E-state index in [9.17, 15) is 8.42 Å². The lowest BCUT2D eigenvalue weighted by Crippen LogP contribution is -2.38. The number of hydrogen-bond donors (Lipinski definition) is 3. The van der Waals surface area contributed by atoms with Gasteiger partial charge in [-0.15, -0.1) is 0 Å². The van der Waals surface area contributed by atoms with Crippen LogP contribution in [0.1, 0.15) is 5.56 Å². The Morgan fingerprint density at radius 3 is 2.35 bits per heavy atom. The fourth-order valence-electron chi connectivity index (χ4n) is 2.17. The van der Waals surface area contributed by atoms with Crippen LogP contribution in [0.4, 0.5) is 0 Å². The van der Waals surface area contributed by atoms with Crippen LogP contribution in [0.5, 0.6) is 5.75 Å². The van der Waals surface area contributed by atoms with E-state index >= 15 is 0 Å². The summed E-state index contributed by atoms with van der Waals surface area (Å²) in [7, 11) is -0.328. The normalized spacial score (nSPS) is 11.8. The molecule has 0 fully saturated rings. The molecule has 3 N–H and O–H groups in total. The standard InChI is InChI=1S/C18H24N4O3S/c1-19-18(21-12-13-25-16-6-4-3-5-7-16)22-14-15-8-10-17(11-9-15)26(23,24)20-2/h3-11,20H,12-14H2,1-2H3,(H2,19,21,22). The first-order chi connectivity index (χ1) is 12.5. The Kier molecular flexibility index (Phi) is 7.43. The van der Waals surface area contributed by atoms with Crippen molar-refractivity contribution in [3.63, 3.8) is 0 Å². The van der Waals surface area contributed by atoms with Gasteiger partial charge < -0.3 is 15.4 Å². The van der Waals surface area contributed by atoms with Gasteiger partial charge >= 0.3 is 0 Å². The average Bonchev–Trinajstić information content (AvgIpc) is 2.68. The van der Waals surface area contributed by atoms with Gasteiger partial charge in [-0.25, -0.2) is 13.1 Å². The van der Waals surface area contributed by atoms with Crippen LogP contribution < -0.4 is 20.1 Å². The summed E-state index contributed by atoms with van der Waals surface area (Å²) in [5.41, 5.74) is 0.948. The molecular formula is C18H24N4O3S. The lowest BCUT2D eigenvalue weighted by atomic mass is 10.2. The highest BCUT2D eigenvalue weighted by Crippen LogP contribution is 2.10. The zero-order chi connectivity index (χ0) is 18.8. The minimum atomic E-state index is -3.41. The molecule has 0 aliphatic rings. The van der Waals surface area contributed by atoms with Crippen molar-refractivity contribution < 1.29 is 13.2 Å². The summed E-state index contributed by atoms with van der Waals surface area (Å²) in [5.74, 6) is 1.47. The molecule has 2 aromatic carbocycles. The molecule has 0 aromatic heterocycles. The topological polar surface area (TPSA) is 91.8 Å². The predicted molar refractivity (Wildman–Crippen MR) is 103 cm³/mol. The second-order valence-electron chi connectivity index (χ2n) is 5.37. The van der Waals surface area contributed by atoms with Gasteiger partial charge in [-0.2, -0.15) is 0 Å². The largest absolute Gasteiger partial charge is 0.492 e. The summed E-state index contributed by atoms with van der Waals surface area (Å²) in [5, 5.41) is 6.34. The van der Waals surface area contributed by atoms with E-state index in [1.165, 1.54) is 7.05 Å². The van der Waals surface area contributed by atoms with Crippen LogP contribution in [0.25, 0.3) is 0 Å². The van der Waals surface area contributed by atoms with Gasteiger partial charge in [0.15, 0.2) is 5.96 Å². The number of rotatable bonds is 8. The van der Waals surface area contributed by atoms with Crippen molar-refractivity contribution in [1.29, 1.82) is 0 Å². The van der Waals surface area contributed by atoms with E-state index in [2.05, 4.69) is 20.3 Å². The number of nitrogens with one attached hydrogen (secondary N) is 3. The molecule has 0 amide bonds. The molecule has 8 heteroatoms. The Bertz CT molecular complexity index is 806. The molecule has 2 rings (SSSR count). The molecule has 0 saturated carbocycles. The molecule has 0 bridgehead atoms. The number of para-hydroxylation sites is 1. The second-order valence-corrected chi connectivity index (χ2v) is 7.25. The van der Waals surface area contributed by atoms with Gasteiger partial charge in [-0.3, -0.25) is 4.99 Å². The molecule has 0 aliphatic heterocycles. The molecular weight excluding hydrogens is 352 g/mol. The third kappa shape index (κ3) is 6.05. The van der Waals surface area contributed by atoms with Gasteiger partial charge in [0, 0.05) is 13.6 Å². The number of ether oxygens (including phenoxy) is 1. The molecule has 0 aliphatic carbocycles. The van der Waals surface area contributed by atoms with Crippen molar-refractivity contribution in [3.8, 4) is 5.75 Å². The number of benzene rings is 2. The van der Waals surface area contributed by atoms with E-state index in [0.29, 0.717) is 25.7 Å². The molecule has 0 radical (unpaired) electrons. The van der Waals surface area contributed by atoms with Crippen molar-refractivity contribution in [3.05, 3.63) is 60.2 Å². The molecule has 7 nitrogen and oxygen atoms in total. The molecule has 0 spiro atoms. The van der Waals surface area contributed by atoms with Crippen LogP contribution in [0, 0.1) is 0 Å². The number of hydrogen-bond acceptors (Lipinski definition) is 4. The Labute approximate surface area is 154 Å². The van der Waals surface area contributed by atoms with E-state index in [1.807, 2.05) is 30.3 Å². The SMILES string of the molecule is CN=C(NCCOc1ccccc1)NCc1ccc(S(=O)(=O)NC)cc1. The summed E-state index contributed by atoms with van der Waals surface area (Å²) in [6.45, 7) is 1.65. The summed E-state index contributed by atoms with van der Waals surface area (Å²) in [4.78, 5) is 4.39. The molecule has 0 atom stereocenters. The maximum absolute atomic E-state index is 11.7. The zero-order valence-corrected chi connectivity index (χ0v) is 15.7. The van der Waals surface area contributed by atoms with Crippen molar-refractivity contribution in [2.75, 3.05) is 27.2 Å². The van der Waals surface area contributed by atoms with Crippen LogP contribution in [-0.4, -0.2) is 41.6 Å². The Balaban J connectivity index is 1.76. The number of sulfonamides is 1. The van der Waals surface area contributed by atoms with Crippen molar-refractivity contribution in [1.82, 2.24) is 15.4 Å². The molecule has 0 unspecified atom stereocenters. The van der Waals surface area contributed by atoms with Gasteiger partial charge in [0.1, 0.15) is 12.4 Å². The lowest BCUT2D eigenvalue weighted by Gasteiger charge is -2.13. The third-order valence-electron chi connectivity index (χ3n) is 3.59. The predicted octanol–water partition coefficient (Wildman–Crippen LogP) is 1.34. The summed E-state index contributed by atoms with van der Waals surface area (Å²) < 4.78 is 31.3. The van der Waals surface area contributed by atoms with Gasteiger partial charge in [-0.05, 0) is 36.9 Å². The molecule has 0 heterocycles. The highest BCUT2D eigenvalue weighted by Gasteiger charge is 2.10. The maximum atomic E-state index is 11.7. The first kappa shape index (κ1) is 19.7. The van der Waals surface area contributed by atoms with Gasteiger partial charge in [0.25, 0.3) is 0 Å². The smallest absolute Gasteiger partial charge is 0.240 e. The van der Waals surface area contributed by atoms with Crippen molar-refractivity contribution >= 4 is 16.0 Å². The van der Waals surface area contributed by atoms with Crippen LogP contribution in [0.15, 0.2) is 64.5 Å². The molecule has 2 aromatic rings. The average molecular weight is 376 g/mol. The van der Waals surface area contributed by atoms with E-state index in [-0.39, 0.29) is 4.90 Å². The molecule has 140 valence electrons. The number of guanidine groups is 1. The van der Waals surface area contributed by atoms with Gasteiger partial charge in [0.05, 0.1) is 11.4 Å². The highest BCUT2D eigenvalue weighted by molar-refractivity contribution is 7.89. The Morgan fingerprint density at radius 2 is 1.73 bits per heavy atom. The summed E-state index contributed by atoms with van der Waals surface area (Å²) in [6.07, 6.45) is 0. The minimum absolute atomic E-state index is 0.240. The molecule has 26 heavy (non-hydrogen) atoms. The molecule has 0 saturated heterocycles. The first-order valence-corrected chi connectivity index (χ1v) is 9.68. The summed E-state index contributed by atoms with van der Waals surface area (Å²) in [6, 6.07) is 16.3. The van der Waals surface area contributed by atoms with Crippen LogP contribution in [0.2, 0.25) is 0 Å². The fraction of sp³-hybridized carbons (Fsp3) is 0.278. The van der Waals surface area contributed by atoms with E-state index in [0.717, 1.165) is 11.3 Å². The maximum Gasteiger partial charge on any atom is 0.240 e. The van der Waals surface area contributed by atoms with E-state index in [4.69, 9.17) is 4.74 Å². The first-order valence-electron chi connectivity index (χ1n) is 8.20. The van der Waals surface area contributed by atoms with E-state index in [1.54, 1.807) is 31.3 Å². The van der Waals surface area contributed by atoms with Crippen LogP contribution in [-0.2, 0) is 16.6 Å². The lowest BCUT2D eigenvalue weighted by molar-refractivity contribution is 0.322. The quantitative estimate of drug-likeness (QED) is 0.367. The highest BCUT2D eigenvalue weighted by atomic mass is 32.2. The van der Waals surface area contributed by atoms with E-state index < -0.39 is 10.0 Å². The second kappa shape index (κ2) is 9.79. The monoisotopic (exact) mass is 376 g/mol. The zero-order valence-electron chi connectivity index (χ0n) is 14.9. The Morgan fingerprint density at radius 1 is 1.04 bits per heavy atom. The minimum Gasteiger partial charge on any atom is -0.492 e. The number of nitrogens with zero attached hydrogens (tertiary/aromatic N) is 1. The van der Waals surface area contributed by atoms with Crippen molar-refractivity contribution in [2.45, 2.75) is 11.4 Å². The van der Waals surface area contributed by atoms with Crippen LogP contribution in [0.3, 0.4) is 0 Å². The van der Waals surface area contributed by atoms with Gasteiger partial charge in [0.2, 0.25) is 10.0 Å².